The van der Waals surface area contributed by atoms with Gasteiger partial charge in [0.25, 0.3) is 0 Å². The van der Waals surface area contributed by atoms with Gasteiger partial charge in [-0.2, -0.15) is 0 Å². The maximum Gasteiger partial charge on any atom is 0.0375 e. The number of hydrogen-bond acceptors (Lipinski definition) is 1. The lowest BCUT2D eigenvalue weighted by atomic mass is 9.75. The average Bonchev–Trinajstić information content (AvgIpc) is 2.49. The molecule has 15 heavy (non-hydrogen) atoms. The van der Waals surface area contributed by atoms with E-state index in [1.165, 1.54) is 37.8 Å². The molecule has 1 aromatic heterocycles. The first-order chi connectivity index (χ1) is 7.34. The number of rotatable bonds is 1. The van der Waals surface area contributed by atoms with E-state index in [-0.39, 0.29) is 0 Å². The van der Waals surface area contributed by atoms with E-state index in [1.54, 1.807) is 5.56 Å². The van der Waals surface area contributed by atoms with Crippen LogP contribution in [0.1, 0.15) is 49.3 Å². The topological polar surface area (TPSA) is 12.9 Å². The van der Waals surface area contributed by atoms with Gasteiger partial charge in [0.1, 0.15) is 0 Å². The predicted octanol–water partition coefficient (Wildman–Crippen LogP) is 3.68. The molecule has 0 spiro atoms. The molecule has 0 saturated heterocycles. The summed E-state index contributed by atoms with van der Waals surface area (Å²) in [5.41, 5.74) is 2.74. The minimum atomic E-state index is 0.862. The van der Waals surface area contributed by atoms with Crippen LogP contribution in [0.3, 0.4) is 0 Å². The fourth-order valence-electron chi connectivity index (χ4n) is 3.78. The Morgan fingerprint density at radius 1 is 1.13 bits per heavy atom. The Balaban J connectivity index is 1.93. The molecule has 1 heterocycles. The summed E-state index contributed by atoms with van der Waals surface area (Å²) < 4.78 is 0. The van der Waals surface area contributed by atoms with Gasteiger partial charge in [-0.05, 0) is 68.1 Å². The normalized spacial score (nSPS) is 34.3. The summed E-state index contributed by atoms with van der Waals surface area (Å²) in [4.78, 5) is 4.31. The molecule has 3 rings (SSSR count). The van der Waals surface area contributed by atoms with Crippen LogP contribution in [0.25, 0.3) is 0 Å². The number of fused-ring (bicyclic) bond motifs is 2. The van der Waals surface area contributed by atoms with Gasteiger partial charge in [0.15, 0.2) is 0 Å². The summed E-state index contributed by atoms with van der Waals surface area (Å²) in [5.74, 6) is 2.82. The largest absolute Gasteiger partial charge is 0.262 e. The Kier molecular flexibility index (Phi) is 2.27. The summed E-state index contributed by atoms with van der Waals surface area (Å²) in [6.07, 6.45) is 9.31. The number of aromatic nitrogens is 1. The van der Waals surface area contributed by atoms with Crippen molar-refractivity contribution in [1.82, 2.24) is 4.98 Å². The molecule has 0 radical (unpaired) electrons. The van der Waals surface area contributed by atoms with Crippen molar-refractivity contribution in [2.24, 2.45) is 11.8 Å². The van der Waals surface area contributed by atoms with Gasteiger partial charge in [0.05, 0.1) is 0 Å². The van der Waals surface area contributed by atoms with Crippen LogP contribution in [0.15, 0.2) is 18.3 Å². The molecule has 1 heteroatoms. The third-order valence-electron chi connectivity index (χ3n) is 4.38. The van der Waals surface area contributed by atoms with E-state index < -0.39 is 0 Å². The highest BCUT2D eigenvalue weighted by atomic mass is 14.7. The van der Waals surface area contributed by atoms with Crippen LogP contribution < -0.4 is 0 Å². The Hall–Kier alpha value is -0.850. The molecule has 2 fully saturated rings. The fraction of sp³-hybridized carbons (Fsp3) is 0.643. The van der Waals surface area contributed by atoms with E-state index in [9.17, 15) is 0 Å². The van der Waals surface area contributed by atoms with E-state index >= 15 is 0 Å². The molecule has 1 nitrogen and oxygen atoms in total. The van der Waals surface area contributed by atoms with Crippen LogP contribution in [-0.4, -0.2) is 4.98 Å². The lowest BCUT2D eigenvalue weighted by Gasteiger charge is -2.30. The molecule has 2 aliphatic carbocycles. The first-order valence-corrected chi connectivity index (χ1v) is 6.27. The average molecular weight is 201 g/mol. The molecule has 2 bridgehead atoms. The second-order valence-corrected chi connectivity index (χ2v) is 5.28. The Morgan fingerprint density at radius 3 is 2.53 bits per heavy atom. The summed E-state index contributed by atoms with van der Waals surface area (Å²) in [7, 11) is 0. The molecule has 0 amide bonds. The van der Waals surface area contributed by atoms with Gasteiger partial charge in [-0.3, -0.25) is 4.98 Å². The molecule has 2 atom stereocenters. The van der Waals surface area contributed by atoms with Crippen LogP contribution in [-0.2, 0) is 0 Å². The van der Waals surface area contributed by atoms with E-state index in [2.05, 4.69) is 24.0 Å². The van der Waals surface area contributed by atoms with E-state index in [0.717, 1.165) is 17.8 Å². The highest BCUT2D eigenvalue weighted by Crippen LogP contribution is 2.51. The van der Waals surface area contributed by atoms with Gasteiger partial charge >= 0.3 is 0 Å². The van der Waals surface area contributed by atoms with Crippen molar-refractivity contribution < 1.29 is 0 Å². The van der Waals surface area contributed by atoms with Crippen molar-refractivity contribution in [3.63, 3.8) is 0 Å². The zero-order chi connectivity index (χ0) is 10.3. The lowest BCUT2D eigenvalue weighted by Crippen LogP contribution is -2.18. The van der Waals surface area contributed by atoms with E-state index in [4.69, 9.17) is 0 Å². The Labute approximate surface area is 91.9 Å². The van der Waals surface area contributed by atoms with Crippen LogP contribution in [0.5, 0.6) is 0 Å². The predicted molar refractivity (Wildman–Crippen MR) is 61.8 cm³/mol. The van der Waals surface area contributed by atoms with Crippen molar-refractivity contribution in [2.75, 3.05) is 0 Å². The molecule has 0 aliphatic heterocycles. The zero-order valence-corrected chi connectivity index (χ0v) is 9.45. The minimum absolute atomic E-state index is 0.862. The zero-order valence-electron chi connectivity index (χ0n) is 9.45. The molecule has 2 unspecified atom stereocenters. The van der Waals surface area contributed by atoms with Crippen molar-refractivity contribution in [1.29, 1.82) is 0 Å². The first-order valence-electron chi connectivity index (χ1n) is 6.27. The highest BCUT2D eigenvalue weighted by molar-refractivity contribution is 5.23. The summed E-state index contributed by atoms with van der Waals surface area (Å²) in [6.45, 7) is 2.11. The van der Waals surface area contributed by atoms with Crippen molar-refractivity contribution in [2.45, 2.75) is 44.9 Å². The standard InChI is InChI=1S/C14H19N/c1-10-9-13(7-8-15-10)14-11-3-2-4-12(14)6-5-11/h7-9,11-12,14H,2-6H2,1H3. The van der Waals surface area contributed by atoms with Crippen molar-refractivity contribution in [3.8, 4) is 0 Å². The maximum absolute atomic E-state index is 4.31. The lowest BCUT2D eigenvalue weighted by molar-refractivity contribution is 0.303. The van der Waals surface area contributed by atoms with Crippen LogP contribution in [0.2, 0.25) is 0 Å². The quantitative estimate of drug-likeness (QED) is 0.675. The Bertz CT molecular complexity index is 342. The van der Waals surface area contributed by atoms with Gasteiger partial charge in [0.2, 0.25) is 0 Å². The third kappa shape index (κ3) is 1.58. The molecular formula is C14H19N. The summed E-state index contributed by atoms with van der Waals surface area (Å²) >= 11 is 0. The second-order valence-electron chi connectivity index (χ2n) is 5.28. The van der Waals surface area contributed by atoms with E-state index in [0.29, 0.717) is 0 Å². The minimum Gasteiger partial charge on any atom is -0.262 e. The molecule has 0 aromatic carbocycles. The molecular weight excluding hydrogens is 182 g/mol. The second kappa shape index (κ2) is 3.62. The van der Waals surface area contributed by atoms with Crippen LogP contribution in [0.4, 0.5) is 0 Å². The summed E-state index contributed by atoms with van der Waals surface area (Å²) in [5, 5.41) is 0. The SMILES string of the molecule is Cc1cc(C2C3CCCC2CC3)ccn1. The Morgan fingerprint density at radius 2 is 1.87 bits per heavy atom. The number of nitrogens with zero attached hydrogens (tertiary/aromatic N) is 1. The molecule has 0 N–H and O–H groups in total. The van der Waals surface area contributed by atoms with E-state index in [1.807, 2.05) is 6.20 Å². The van der Waals surface area contributed by atoms with Gasteiger partial charge < -0.3 is 0 Å². The van der Waals surface area contributed by atoms with Crippen molar-refractivity contribution >= 4 is 0 Å². The highest BCUT2D eigenvalue weighted by Gasteiger charge is 2.39. The van der Waals surface area contributed by atoms with Gasteiger partial charge in [-0.25, -0.2) is 0 Å². The van der Waals surface area contributed by atoms with Crippen molar-refractivity contribution in [3.05, 3.63) is 29.6 Å². The van der Waals surface area contributed by atoms with Crippen LogP contribution in [0, 0.1) is 18.8 Å². The fourth-order valence-corrected chi connectivity index (χ4v) is 3.78. The molecule has 2 aliphatic rings. The first kappa shape index (κ1) is 9.38. The third-order valence-corrected chi connectivity index (χ3v) is 4.38. The summed E-state index contributed by atoms with van der Waals surface area (Å²) in [6, 6.07) is 4.55. The number of pyridine rings is 1. The van der Waals surface area contributed by atoms with Gasteiger partial charge in [-0.1, -0.05) is 6.42 Å². The van der Waals surface area contributed by atoms with Crippen LogP contribution >= 0.6 is 0 Å². The van der Waals surface area contributed by atoms with Gasteiger partial charge in [0, 0.05) is 11.9 Å². The molecule has 80 valence electrons. The number of hydrogen-bond donors (Lipinski definition) is 0. The number of aryl methyl sites for hydroxylation is 1. The smallest absolute Gasteiger partial charge is 0.0375 e. The van der Waals surface area contributed by atoms with Gasteiger partial charge in [-0.15, -0.1) is 0 Å². The maximum atomic E-state index is 4.31. The molecule has 1 aromatic rings. The monoisotopic (exact) mass is 201 g/mol. The molecule has 2 saturated carbocycles.